The van der Waals surface area contributed by atoms with Crippen molar-refractivity contribution in [2.75, 3.05) is 18.5 Å². The molecule has 25 heavy (non-hydrogen) atoms. The van der Waals surface area contributed by atoms with Gasteiger partial charge in [0.15, 0.2) is 6.29 Å². The highest BCUT2D eigenvalue weighted by molar-refractivity contribution is 6.04. The number of rotatable bonds is 6. The summed E-state index contributed by atoms with van der Waals surface area (Å²) >= 11 is 0. The minimum absolute atomic E-state index is 0.230. The molecule has 0 aliphatic carbocycles. The van der Waals surface area contributed by atoms with E-state index in [9.17, 15) is 4.79 Å². The number of ether oxygens (including phenoxy) is 2. The number of hydrogen-bond acceptors (Lipinski definition) is 6. The average Bonchev–Trinajstić information content (AvgIpc) is 3.29. The predicted molar refractivity (Wildman–Crippen MR) is 91.2 cm³/mol. The quantitative estimate of drug-likeness (QED) is 0.862. The topological polar surface area (TPSA) is 91.2 Å². The summed E-state index contributed by atoms with van der Waals surface area (Å²) in [5.74, 6) is -0.230. The van der Waals surface area contributed by atoms with Gasteiger partial charge in [-0.05, 0) is 25.8 Å². The maximum Gasteiger partial charge on any atom is 0.259 e. The van der Waals surface area contributed by atoms with Gasteiger partial charge in [0.2, 0.25) is 0 Å². The van der Waals surface area contributed by atoms with E-state index in [4.69, 9.17) is 9.47 Å². The molecule has 8 heteroatoms. The summed E-state index contributed by atoms with van der Waals surface area (Å²) in [6.07, 6.45) is 5.83. The molecule has 0 bridgehead atoms. The summed E-state index contributed by atoms with van der Waals surface area (Å²) in [5.41, 5.74) is 1.45. The van der Waals surface area contributed by atoms with Crippen molar-refractivity contribution in [2.24, 2.45) is 0 Å². The van der Waals surface area contributed by atoms with Crippen LogP contribution >= 0.6 is 0 Å². The van der Waals surface area contributed by atoms with Crippen molar-refractivity contribution in [2.45, 2.75) is 45.4 Å². The van der Waals surface area contributed by atoms with Crippen molar-refractivity contribution >= 4 is 11.6 Å². The molecule has 1 fully saturated rings. The summed E-state index contributed by atoms with van der Waals surface area (Å²) in [6, 6.07) is 1.69. The van der Waals surface area contributed by atoms with Gasteiger partial charge in [-0.1, -0.05) is 13.8 Å². The fourth-order valence-corrected chi connectivity index (χ4v) is 3.30. The van der Waals surface area contributed by atoms with Gasteiger partial charge in [-0.3, -0.25) is 9.48 Å². The highest BCUT2D eigenvalue weighted by Gasteiger charge is 2.43. The molecule has 2 aromatic heterocycles. The zero-order chi connectivity index (χ0) is 17.9. The predicted octanol–water partition coefficient (Wildman–Crippen LogP) is 2.12. The molecule has 2 aromatic rings. The summed E-state index contributed by atoms with van der Waals surface area (Å²) < 4.78 is 13.4. The minimum Gasteiger partial charge on any atom is -0.348 e. The fourth-order valence-electron chi connectivity index (χ4n) is 3.30. The molecule has 3 heterocycles. The van der Waals surface area contributed by atoms with Crippen LogP contribution < -0.4 is 5.32 Å². The Morgan fingerprint density at radius 1 is 1.28 bits per heavy atom. The normalized spacial score (nSPS) is 15.5. The van der Waals surface area contributed by atoms with Crippen molar-refractivity contribution in [1.82, 2.24) is 20.0 Å². The number of nitrogens with zero attached hydrogens (tertiary/aromatic N) is 4. The van der Waals surface area contributed by atoms with Crippen LogP contribution in [0.5, 0.6) is 0 Å². The molecule has 8 nitrogen and oxygen atoms in total. The lowest BCUT2D eigenvalue weighted by atomic mass is 9.91. The van der Waals surface area contributed by atoms with Gasteiger partial charge in [-0.2, -0.15) is 15.3 Å². The van der Waals surface area contributed by atoms with E-state index in [1.807, 2.05) is 11.6 Å². The van der Waals surface area contributed by atoms with Gasteiger partial charge in [-0.15, -0.1) is 0 Å². The molecule has 0 spiro atoms. The second-order valence-electron chi connectivity index (χ2n) is 6.02. The molecule has 0 radical (unpaired) electrons. The highest BCUT2D eigenvalue weighted by atomic mass is 16.7. The Hall–Kier alpha value is -2.32. The zero-order valence-corrected chi connectivity index (χ0v) is 14.7. The summed E-state index contributed by atoms with van der Waals surface area (Å²) in [6.45, 7) is 7.21. The average molecular weight is 345 g/mol. The molecule has 1 aliphatic heterocycles. The number of amides is 1. The number of aromatic nitrogens is 4. The van der Waals surface area contributed by atoms with Gasteiger partial charge in [0.1, 0.15) is 5.54 Å². The molecule has 134 valence electrons. The number of hydrogen-bond donors (Lipinski definition) is 1. The third-order valence-corrected chi connectivity index (χ3v) is 4.80. The van der Waals surface area contributed by atoms with Gasteiger partial charge < -0.3 is 14.8 Å². The molecular weight excluding hydrogens is 322 g/mol. The molecule has 0 unspecified atom stereocenters. The Bertz CT molecular complexity index is 721. The summed E-state index contributed by atoms with van der Waals surface area (Å²) in [4.78, 5) is 12.6. The molecule has 1 amide bonds. The van der Waals surface area contributed by atoms with Crippen LogP contribution in [0.15, 0.2) is 24.7 Å². The third-order valence-electron chi connectivity index (χ3n) is 4.80. The number of carbonyl (C=O) groups excluding carboxylic acids is 1. The van der Waals surface area contributed by atoms with Gasteiger partial charge in [0.25, 0.3) is 5.91 Å². The van der Waals surface area contributed by atoms with E-state index in [-0.39, 0.29) is 12.2 Å². The summed E-state index contributed by atoms with van der Waals surface area (Å²) in [5, 5.41) is 14.8. The van der Waals surface area contributed by atoms with Gasteiger partial charge in [0, 0.05) is 5.69 Å². The number of nitrogens with one attached hydrogen (secondary N) is 1. The van der Waals surface area contributed by atoms with Crippen LogP contribution in [0.2, 0.25) is 0 Å². The Labute approximate surface area is 146 Å². The van der Waals surface area contributed by atoms with Crippen LogP contribution in [0.3, 0.4) is 0 Å². The first-order valence-electron chi connectivity index (χ1n) is 8.48. The van der Waals surface area contributed by atoms with E-state index in [0.29, 0.717) is 24.5 Å². The van der Waals surface area contributed by atoms with Crippen LogP contribution in [0.25, 0.3) is 0 Å². The Morgan fingerprint density at radius 2 is 2.00 bits per heavy atom. The van der Waals surface area contributed by atoms with E-state index in [1.54, 1.807) is 12.3 Å². The zero-order valence-electron chi connectivity index (χ0n) is 14.7. The van der Waals surface area contributed by atoms with Crippen LogP contribution in [-0.2, 0) is 15.0 Å². The third kappa shape index (κ3) is 3.14. The maximum atomic E-state index is 12.6. The SMILES string of the molecule is CCC(CC)(C1OCCO1)n1ncc(C(=O)Nc2ccnnc2)c1C. The second kappa shape index (κ2) is 7.28. The van der Waals surface area contributed by atoms with E-state index >= 15 is 0 Å². The minimum atomic E-state index is -0.433. The van der Waals surface area contributed by atoms with Crippen molar-refractivity contribution in [1.29, 1.82) is 0 Å². The van der Waals surface area contributed by atoms with Crippen molar-refractivity contribution in [3.8, 4) is 0 Å². The smallest absolute Gasteiger partial charge is 0.259 e. The largest absolute Gasteiger partial charge is 0.348 e. The first-order chi connectivity index (χ1) is 12.1. The van der Waals surface area contributed by atoms with E-state index in [0.717, 1.165) is 18.5 Å². The first kappa shape index (κ1) is 17.5. The number of carbonyl (C=O) groups is 1. The monoisotopic (exact) mass is 345 g/mol. The molecule has 0 atom stereocenters. The van der Waals surface area contributed by atoms with Crippen molar-refractivity contribution in [3.05, 3.63) is 35.9 Å². The lowest BCUT2D eigenvalue weighted by molar-refractivity contribution is -0.133. The van der Waals surface area contributed by atoms with Crippen molar-refractivity contribution < 1.29 is 14.3 Å². The fraction of sp³-hybridized carbons (Fsp3) is 0.529. The van der Waals surface area contributed by atoms with Crippen LogP contribution in [0.4, 0.5) is 5.69 Å². The van der Waals surface area contributed by atoms with E-state index in [2.05, 4.69) is 34.5 Å². The molecule has 1 saturated heterocycles. The standard InChI is InChI=1S/C17H23N5O3/c1-4-17(5-2,16-24-8-9-25-16)22-12(3)14(11-20-22)15(23)21-13-6-7-18-19-10-13/h6-7,10-11,16H,4-5,8-9H2,1-3H3,(H,18,21,23). The molecule has 0 aromatic carbocycles. The number of anilines is 1. The maximum absolute atomic E-state index is 12.6. The molecule has 0 saturated carbocycles. The lowest BCUT2D eigenvalue weighted by Gasteiger charge is -2.37. The van der Waals surface area contributed by atoms with Gasteiger partial charge >= 0.3 is 0 Å². The van der Waals surface area contributed by atoms with Crippen LogP contribution in [0.1, 0.15) is 42.7 Å². The Balaban J connectivity index is 1.90. The van der Waals surface area contributed by atoms with Crippen molar-refractivity contribution in [3.63, 3.8) is 0 Å². The molecule has 1 N–H and O–H groups in total. The van der Waals surface area contributed by atoms with Gasteiger partial charge in [0.05, 0.1) is 43.1 Å². The van der Waals surface area contributed by atoms with Crippen LogP contribution in [0, 0.1) is 6.92 Å². The highest BCUT2D eigenvalue weighted by Crippen LogP contribution is 2.35. The van der Waals surface area contributed by atoms with Crippen LogP contribution in [-0.4, -0.2) is 45.4 Å². The van der Waals surface area contributed by atoms with Gasteiger partial charge in [-0.25, -0.2) is 0 Å². The molecular formula is C17H23N5O3. The van der Waals surface area contributed by atoms with E-state index in [1.165, 1.54) is 12.4 Å². The molecule has 3 rings (SSSR count). The Kier molecular flexibility index (Phi) is 5.10. The molecule has 1 aliphatic rings. The van der Waals surface area contributed by atoms with E-state index < -0.39 is 5.54 Å². The Morgan fingerprint density at radius 3 is 2.60 bits per heavy atom. The lowest BCUT2D eigenvalue weighted by Crippen LogP contribution is -2.46. The second-order valence-corrected chi connectivity index (χ2v) is 6.02. The summed E-state index contributed by atoms with van der Waals surface area (Å²) in [7, 11) is 0. The first-order valence-corrected chi connectivity index (χ1v) is 8.48.